The Morgan fingerprint density at radius 2 is 1.19 bits per heavy atom. The van der Waals surface area contributed by atoms with E-state index in [1.54, 1.807) is 0 Å². The van der Waals surface area contributed by atoms with Crippen LogP contribution in [0.5, 0.6) is 0 Å². The van der Waals surface area contributed by atoms with E-state index in [2.05, 4.69) is 162 Å². The molecule has 53 heavy (non-hydrogen) atoms. The van der Waals surface area contributed by atoms with Gasteiger partial charge < -0.3 is 0 Å². The molecule has 0 heterocycles. The average Bonchev–Trinajstić information content (AvgIpc) is 3.61. The van der Waals surface area contributed by atoms with E-state index in [0.29, 0.717) is 0 Å². The summed E-state index contributed by atoms with van der Waals surface area (Å²) in [7, 11) is 0. The summed E-state index contributed by atoms with van der Waals surface area (Å²) in [6.45, 7) is 28.3. The predicted molar refractivity (Wildman–Crippen MR) is 239 cm³/mol. The normalized spacial score (nSPS) is 15.9. The van der Waals surface area contributed by atoms with Crippen LogP contribution in [0.1, 0.15) is 115 Å². The Hall–Kier alpha value is -1.73. The monoisotopic (exact) mass is 866 g/mol. The van der Waals surface area contributed by atoms with Crippen LogP contribution in [-0.2, 0) is 35.5 Å². The summed E-state index contributed by atoms with van der Waals surface area (Å²) in [5, 5.41) is 1.50. The second-order valence-electron chi connectivity index (χ2n) is 18.8. The molecule has 4 aromatic carbocycles. The van der Waals surface area contributed by atoms with E-state index in [9.17, 15) is 0 Å². The number of benzene rings is 4. The van der Waals surface area contributed by atoms with Crippen molar-refractivity contribution >= 4 is 62.0 Å². The van der Waals surface area contributed by atoms with Crippen LogP contribution in [0.15, 0.2) is 87.7 Å². The molecule has 0 saturated heterocycles. The first-order valence-corrected chi connectivity index (χ1v) is 26.3. The van der Waals surface area contributed by atoms with Gasteiger partial charge in [-0.3, -0.25) is 0 Å². The molecule has 0 aromatic heterocycles. The van der Waals surface area contributed by atoms with E-state index in [1.165, 1.54) is 63.2 Å². The van der Waals surface area contributed by atoms with Crippen molar-refractivity contribution in [1.82, 2.24) is 0 Å². The third-order valence-electron chi connectivity index (χ3n) is 12.1. The van der Waals surface area contributed by atoms with Gasteiger partial charge in [-0.25, -0.2) is 0 Å². The molecule has 1 unspecified atom stereocenters. The minimum absolute atomic E-state index is 0. The van der Waals surface area contributed by atoms with Crippen LogP contribution in [0.25, 0.3) is 11.1 Å². The van der Waals surface area contributed by atoms with Crippen LogP contribution in [-0.4, -0.2) is 4.21 Å². The van der Waals surface area contributed by atoms with Gasteiger partial charge in [0.2, 0.25) is 0 Å². The van der Waals surface area contributed by atoms with Crippen molar-refractivity contribution in [3.05, 3.63) is 131 Å². The maximum atomic E-state index is 6.74. The predicted octanol–water partition coefficient (Wildman–Crippen LogP) is 13.3. The molecule has 1 atom stereocenters. The van der Waals surface area contributed by atoms with Gasteiger partial charge in [0.1, 0.15) is 0 Å². The van der Waals surface area contributed by atoms with Gasteiger partial charge in [-0.15, -0.1) is 24.8 Å². The SMILES string of the molecule is Cl.Cl.[CH2]=[Zr]([C]1=CC(C(C)(C)C)=CC1CCC)([c]1ccc(Cl)cc1)([c]1ccc(Cl)cc1)[c]1c(C)c(C(C)(C)C)cc2c1Cc1cc(C)c(C(C)(C)C)cc1-2. The molecule has 0 amide bonds. The van der Waals surface area contributed by atoms with Gasteiger partial charge in [0.05, 0.1) is 0 Å². The number of fused-ring (bicyclic) bond motifs is 3. The summed E-state index contributed by atoms with van der Waals surface area (Å²) in [6, 6.07) is 25.3. The number of allylic oxidation sites excluding steroid dienone is 4. The molecule has 0 bridgehead atoms. The van der Waals surface area contributed by atoms with Gasteiger partial charge in [-0.2, -0.15) is 0 Å². The average molecular weight is 870 g/mol. The van der Waals surface area contributed by atoms with Crippen molar-refractivity contribution in [2.75, 3.05) is 0 Å². The fraction of sp³-hybridized carbons (Fsp3) is 0.396. The Kier molecular flexibility index (Phi) is 12.4. The quantitative estimate of drug-likeness (QED) is 0.159. The zero-order chi connectivity index (χ0) is 37.5. The van der Waals surface area contributed by atoms with Gasteiger partial charge in [-0.1, -0.05) is 0 Å². The van der Waals surface area contributed by atoms with Crippen LogP contribution in [0, 0.1) is 25.2 Å². The summed E-state index contributed by atoms with van der Waals surface area (Å²) in [5.41, 5.74) is 12.7. The first-order chi connectivity index (χ1) is 23.6. The first kappa shape index (κ1) is 44.0. The summed E-state index contributed by atoms with van der Waals surface area (Å²) in [6.07, 6.45) is 8.30. The fourth-order valence-electron chi connectivity index (χ4n) is 9.73. The minimum atomic E-state index is -5.23. The zero-order valence-corrected chi connectivity index (χ0v) is 39.6. The molecule has 2 aliphatic carbocycles. The zero-order valence-electron chi connectivity index (χ0n) is 34.0. The Bertz CT molecular complexity index is 2110. The molecule has 0 spiro atoms. The second kappa shape index (κ2) is 15.0. The van der Waals surface area contributed by atoms with Gasteiger partial charge in [-0.05, 0) is 0 Å². The number of aryl methyl sites for hydroxylation is 1. The number of halogens is 4. The Balaban J connectivity index is 0.00000314. The molecule has 5 heteroatoms. The van der Waals surface area contributed by atoms with E-state index < -0.39 is 18.3 Å². The molecular weight excluding hydrogens is 810 g/mol. The van der Waals surface area contributed by atoms with Crippen molar-refractivity contribution in [3.8, 4) is 11.1 Å². The van der Waals surface area contributed by atoms with E-state index in [4.69, 9.17) is 27.4 Å². The standard InChI is InChI=1S/C23H29.C12H19.2C6H4Cl.CH2.2ClH.Zr/c1-14-9-16-11-17-10-15(2)21(23(6,7)8)13-19(17)18(16)12-20(14)22(3,4)5;1-5-6-10-7-8-11(9-10)12(2,3)4;2*7-6-4-2-1-3-5-6;;;;/h9,12-13H,11H2,1-8H3;8-10H,5-6H2,1-4H3;2*2-5H;1H2;2*1H;. The van der Waals surface area contributed by atoms with Crippen LogP contribution in [0.3, 0.4) is 0 Å². The second-order valence-corrected chi connectivity index (χ2v) is 32.3. The number of hydrogen-bond acceptors (Lipinski definition) is 0. The van der Waals surface area contributed by atoms with E-state index in [-0.39, 0.29) is 47.0 Å². The topological polar surface area (TPSA) is 0 Å². The molecule has 0 radical (unpaired) electrons. The van der Waals surface area contributed by atoms with Crippen LogP contribution in [0.2, 0.25) is 10.0 Å². The molecule has 0 fully saturated rings. The molecule has 6 rings (SSSR count). The third kappa shape index (κ3) is 7.23. The van der Waals surface area contributed by atoms with Crippen molar-refractivity contribution < 1.29 is 18.3 Å². The van der Waals surface area contributed by atoms with Crippen LogP contribution in [0.4, 0.5) is 0 Å². The molecular formula is C48H60Cl4Zr. The van der Waals surface area contributed by atoms with Crippen LogP contribution >= 0.6 is 48.0 Å². The van der Waals surface area contributed by atoms with Crippen molar-refractivity contribution in [2.24, 2.45) is 11.3 Å². The summed E-state index contributed by atoms with van der Waals surface area (Å²) in [5.74, 6) is 0.283. The van der Waals surface area contributed by atoms with Gasteiger partial charge in [0.15, 0.2) is 0 Å². The van der Waals surface area contributed by atoms with E-state index in [0.717, 1.165) is 29.3 Å². The summed E-state index contributed by atoms with van der Waals surface area (Å²) < 4.78 is 11.6. The van der Waals surface area contributed by atoms with Gasteiger partial charge in [0, 0.05) is 0 Å². The Labute approximate surface area is 344 Å². The van der Waals surface area contributed by atoms with Gasteiger partial charge >= 0.3 is 322 Å². The van der Waals surface area contributed by atoms with Gasteiger partial charge in [0.25, 0.3) is 0 Å². The number of hydrogen-bond donors (Lipinski definition) is 0. The van der Waals surface area contributed by atoms with E-state index in [1.807, 2.05) is 0 Å². The molecule has 284 valence electrons. The van der Waals surface area contributed by atoms with E-state index >= 15 is 0 Å². The van der Waals surface area contributed by atoms with Crippen molar-refractivity contribution in [1.29, 1.82) is 0 Å². The van der Waals surface area contributed by atoms with Crippen molar-refractivity contribution in [3.63, 3.8) is 0 Å². The fourth-order valence-corrected chi connectivity index (χ4v) is 27.3. The molecule has 4 aromatic rings. The molecule has 0 nitrogen and oxygen atoms in total. The number of rotatable bonds is 6. The third-order valence-corrected chi connectivity index (χ3v) is 29.3. The molecule has 0 saturated carbocycles. The Morgan fingerprint density at radius 3 is 1.64 bits per heavy atom. The Morgan fingerprint density at radius 1 is 0.698 bits per heavy atom. The summed E-state index contributed by atoms with van der Waals surface area (Å²) >= 11 is 8.25. The molecule has 0 aliphatic heterocycles. The molecule has 2 aliphatic rings. The summed E-state index contributed by atoms with van der Waals surface area (Å²) in [4.78, 5) is 0. The van der Waals surface area contributed by atoms with Crippen LogP contribution < -0.4 is 9.81 Å². The van der Waals surface area contributed by atoms with Crippen molar-refractivity contribution in [2.45, 2.75) is 113 Å². The molecule has 0 N–H and O–H groups in total. The maximum absolute atomic E-state index is 6.74. The first-order valence-electron chi connectivity index (χ1n) is 18.9.